The van der Waals surface area contributed by atoms with Gasteiger partial charge in [0.1, 0.15) is 5.58 Å². The average Bonchev–Trinajstić information content (AvgIpc) is 2.81. The molecule has 0 amide bonds. The molecule has 2 aromatic heterocycles. The number of aromatic hydroxyl groups is 1. The van der Waals surface area contributed by atoms with Gasteiger partial charge < -0.3 is 15.3 Å². The van der Waals surface area contributed by atoms with Crippen molar-refractivity contribution in [3.8, 4) is 17.2 Å². The number of hydrogen-bond donors (Lipinski definition) is 2. The minimum atomic E-state index is -0.0788. The van der Waals surface area contributed by atoms with E-state index in [2.05, 4.69) is 4.98 Å². The third-order valence-electron chi connectivity index (χ3n) is 2.32. The molecule has 4 nitrogen and oxygen atoms in total. The molecular formula is C11H8N2O2S. The molecule has 3 N–H and O–H groups in total. The Morgan fingerprint density at radius 1 is 1.31 bits per heavy atom. The van der Waals surface area contributed by atoms with Gasteiger partial charge in [-0.25, -0.2) is 4.98 Å². The molecule has 0 aliphatic rings. The Bertz CT molecular complexity index is 657. The summed E-state index contributed by atoms with van der Waals surface area (Å²) in [6, 6.07) is 7.18. The average molecular weight is 232 g/mol. The van der Waals surface area contributed by atoms with Crippen molar-refractivity contribution in [2.45, 2.75) is 0 Å². The van der Waals surface area contributed by atoms with Gasteiger partial charge in [0.05, 0.1) is 5.69 Å². The summed E-state index contributed by atoms with van der Waals surface area (Å²) in [5.74, 6) is -0.0788. The van der Waals surface area contributed by atoms with Gasteiger partial charge in [0.15, 0.2) is 5.13 Å². The quantitative estimate of drug-likeness (QED) is 0.676. The maximum atomic E-state index is 9.22. The molecule has 0 saturated carbocycles. The molecule has 0 saturated heterocycles. The Hall–Kier alpha value is -2.01. The lowest BCUT2D eigenvalue weighted by Crippen LogP contribution is -1.82. The third-order valence-corrected chi connectivity index (χ3v) is 2.99. The monoisotopic (exact) mass is 232 g/mol. The zero-order chi connectivity index (χ0) is 11.1. The number of fused-ring (bicyclic) bond motifs is 1. The Morgan fingerprint density at radius 2 is 2.19 bits per heavy atom. The Labute approximate surface area is 95.0 Å². The highest BCUT2D eigenvalue weighted by Crippen LogP contribution is 2.29. The third kappa shape index (κ3) is 1.42. The standard InChI is InChI=1S/C11H8N2O2S/c12-11-13-8(5-16-11)6-1-2-9-7(3-6)4-10(14)15-9/h1-5,14H,(H2,12,13). The molecule has 0 atom stereocenters. The van der Waals surface area contributed by atoms with Gasteiger partial charge in [-0.15, -0.1) is 11.3 Å². The van der Waals surface area contributed by atoms with E-state index in [-0.39, 0.29) is 5.95 Å². The van der Waals surface area contributed by atoms with E-state index >= 15 is 0 Å². The summed E-state index contributed by atoms with van der Waals surface area (Å²) in [5, 5.41) is 12.5. The summed E-state index contributed by atoms with van der Waals surface area (Å²) >= 11 is 1.40. The van der Waals surface area contributed by atoms with Gasteiger partial charge in [-0.2, -0.15) is 0 Å². The van der Waals surface area contributed by atoms with Crippen LogP contribution in [0.25, 0.3) is 22.2 Å². The second-order valence-electron chi connectivity index (χ2n) is 3.41. The maximum Gasteiger partial charge on any atom is 0.282 e. The molecule has 0 unspecified atom stereocenters. The van der Waals surface area contributed by atoms with Gasteiger partial charge in [-0.1, -0.05) is 0 Å². The van der Waals surface area contributed by atoms with Crippen LogP contribution >= 0.6 is 11.3 Å². The number of benzene rings is 1. The highest BCUT2D eigenvalue weighted by molar-refractivity contribution is 7.13. The number of thiazole rings is 1. The summed E-state index contributed by atoms with van der Waals surface area (Å²) in [6.45, 7) is 0. The molecule has 2 heterocycles. The van der Waals surface area contributed by atoms with E-state index in [1.807, 2.05) is 17.5 Å². The first-order valence-corrected chi connectivity index (χ1v) is 5.54. The van der Waals surface area contributed by atoms with E-state index in [0.29, 0.717) is 10.7 Å². The highest BCUT2D eigenvalue weighted by atomic mass is 32.1. The van der Waals surface area contributed by atoms with Crippen LogP contribution in [0.15, 0.2) is 34.1 Å². The van der Waals surface area contributed by atoms with E-state index in [4.69, 9.17) is 10.2 Å². The van der Waals surface area contributed by atoms with Crippen molar-refractivity contribution in [1.82, 2.24) is 4.98 Å². The molecule has 80 valence electrons. The number of rotatable bonds is 1. The van der Waals surface area contributed by atoms with Crippen molar-refractivity contribution in [1.29, 1.82) is 0 Å². The summed E-state index contributed by atoms with van der Waals surface area (Å²) in [4.78, 5) is 4.20. The van der Waals surface area contributed by atoms with E-state index in [1.165, 1.54) is 11.3 Å². The fourth-order valence-corrected chi connectivity index (χ4v) is 2.18. The van der Waals surface area contributed by atoms with Crippen LogP contribution < -0.4 is 5.73 Å². The second-order valence-corrected chi connectivity index (χ2v) is 4.30. The summed E-state index contributed by atoms with van der Waals surface area (Å²) in [7, 11) is 0. The number of hydrogen-bond acceptors (Lipinski definition) is 5. The molecule has 5 heteroatoms. The molecule has 0 spiro atoms. The van der Waals surface area contributed by atoms with Crippen molar-refractivity contribution >= 4 is 27.4 Å². The fraction of sp³-hybridized carbons (Fsp3) is 0. The number of furan rings is 1. The smallest absolute Gasteiger partial charge is 0.282 e. The van der Waals surface area contributed by atoms with Crippen molar-refractivity contribution in [3.05, 3.63) is 29.6 Å². The van der Waals surface area contributed by atoms with Gasteiger partial charge in [0, 0.05) is 22.4 Å². The lowest BCUT2D eigenvalue weighted by atomic mass is 10.1. The molecule has 0 bridgehead atoms. The summed E-state index contributed by atoms with van der Waals surface area (Å²) in [5.41, 5.74) is 8.04. The summed E-state index contributed by atoms with van der Waals surface area (Å²) < 4.78 is 5.08. The zero-order valence-corrected chi connectivity index (χ0v) is 8.99. The predicted octanol–water partition coefficient (Wildman–Crippen LogP) is 2.84. The topological polar surface area (TPSA) is 72.3 Å². The molecule has 3 rings (SSSR count). The second kappa shape index (κ2) is 3.24. The molecule has 1 aromatic carbocycles. The number of anilines is 1. The molecule has 0 aliphatic heterocycles. The van der Waals surface area contributed by atoms with Crippen LogP contribution in [0.3, 0.4) is 0 Å². The predicted molar refractivity (Wildman–Crippen MR) is 63.4 cm³/mol. The van der Waals surface area contributed by atoms with Crippen LogP contribution in [0.5, 0.6) is 5.95 Å². The number of nitrogens with zero attached hydrogens (tertiary/aromatic N) is 1. The Kier molecular flexibility index (Phi) is 1.87. The lowest BCUT2D eigenvalue weighted by Gasteiger charge is -1.95. The van der Waals surface area contributed by atoms with Gasteiger partial charge in [-0.05, 0) is 18.2 Å². The Balaban J connectivity index is 2.17. The number of nitrogen functional groups attached to an aromatic ring is 1. The minimum absolute atomic E-state index is 0.0788. The lowest BCUT2D eigenvalue weighted by molar-refractivity contribution is 0.346. The molecule has 0 fully saturated rings. The van der Waals surface area contributed by atoms with E-state index in [1.54, 1.807) is 12.1 Å². The molecular weight excluding hydrogens is 224 g/mol. The van der Waals surface area contributed by atoms with Gasteiger partial charge in [0.25, 0.3) is 5.95 Å². The normalized spacial score (nSPS) is 11.0. The van der Waals surface area contributed by atoms with Gasteiger partial charge >= 0.3 is 0 Å². The van der Waals surface area contributed by atoms with Crippen LogP contribution in [-0.4, -0.2) is 10.1 Å². The van der Waals surface area contributed by atoms with Crippen LogP contribution in [0.1, 0.15) is 0 Å². The highest BCUT2D eigenvalue weighted by Gasteiger charge is 2.06. The number of nitrogens with two attached hydrogens (primary N) is 1. The van der Waals surface area contributed by atoms with Crippen molar-refractivity contribution in [2.75, 3.05) is 5.73 Å². The maximum absolute atomic E-state index is 9.22. The first kappa shape index (κ1) is 9.23. The number of aromatic nitrogens is 1. The Morgan fingerprint density at radius 3 is 2.94 bits per heavy atom. The van der Waals surface area contributed by atoms with Crippen molar-refractivity contribution < 1.29 is 9.52 Å². The van der Waals surface area contributed by atoms with Crippen LogP contribution in [0.4, 0.5) is 5.13 Å². The minimum Gasteiger partial charge on any atom is -0.481 e. The first-order valence-electron chi connectivity index (χ1n) is 4.66. The van der Waals surface area contributed by atoms with E-state index in [9.17, 15) is 5.11 Å². The zero-order valence-electron chi connectivity index (χ0n) is 8.18. The van der Waals surface area contributed by atoms with Gasteiger partial charge in [-0.3, -0.25) is 0 Å². The molecule has 16 heavy (non-hydrogen) atoms. The molecule has 3 aromatic rings. The van der Waals surface area contributed by atoms with E-state index < -0.39 is 0 Å². The first-order chi connectivity index (χ1) is 7.72. The SMILES string of the molecule is Nc1nc(-c2ccc3oc(O)cc3c2)cs1. The van der Waals surface area contributed by atoms with Gasteiger partial charge in [0.2, 0.25) is 0 Å². The van der Waals surface area contributed by atoms with Crippen LogP contribution in [0, 0.1) is 0 Å². The van der Waals surface area contributed by atoms with E-state index in [0.717, 1.165) is 16.6 Å². The molecule has 0 radical (unpaired) electrons. The largest absolute Gasteiger partial charge is 0.481 e. The van der Waals surface area contributed by atoms with Crippen molar-refractivity contribution in [2.24, 2.45) is 0 Å². The summed E-state index contributed by atoms with van der Waals surface area (Å²) in [6.07, 6.45) is 0. The fourth-order valence-electron chi connectivity index (χ4n) is 1.61. The van der Waals surface area contributed by atoms with Crippen LogP contribution in [0.2, 0.25) is 0 Å². The van der Waals surface area contributed by atoms with Crippen LogP contribution in [-0.2, 0) is 0 Å². The van der Waals surface area contributed by atoms with Crippen molar-refractivity contribution in [3.63, 3.8) is 0 Å². The molecule has 0 aliphatic carbocycles.